The summed E-state index contributed by atoms with van der Waals surface area (Å²) in [5.74, 6) is 0.921. The van der Waals surface area contributed by atoms with Crippen molar-refractivity contribution in [1.82, 2.24) is 0 Å². The highest BCUT2D eigenvalue weighted by Crippen LogP contribution is 2.35. The number of alkyl halides is 1. The molecule has 0 saturated carbocycles. The van der Waals surface area contributed by atoms with Crippen molar-refractivity contribution in [2.24, 2.45) is 0 Å². The lowest BCUT2D eigenvalue weighted by atomic mass is 9.96. The van der Waals surface area contributed by atoms with E-state index >= 15 is 0 Å². The second-order valence-corrected chi connectivity index (χ2v) is 6.32. The Labute approximate surface area is 130 Å². The Morgan fingerprint density at radius 2 is 1.45 bits per heavy atom. The molecule has 1 atom stereocenters. The van der Waals surface area contributed by atoms with Gasteiger partial charge in [0.05, 0.1) is 10.9 Å². The predicted octanol–water partition coefficient (Wildman–Crippen LogP) is 5.57. The molecule has 0 aliphatic rings. The van der Waals surface area contributed by atoms with E-state index in [0.29, 0.717) is 0 Å². The van der Waals surface area contributed by atoms with Crippen molar-refractivity contribution in [3.63, 3.8) is 0 Å². The van der Waals surface area contributed by atoms with Crippen molar-refractivity contribution in [2.75, 3.05) is 0 Å². The van der Waals surface area contributed by atoms with E-state index in [4.69, 9.17) is 4.74 Å². The summed E-state index contributed by atoms with van der Waals surface area (Å²) in [5, 5.41) is 0. The van der Waals surface area contributed by atoms with E-state index in [1.165, 1.54) is 22.3 Å². The number of benzene rings is 2. The maximum absolute atomic E-state index is 5.69. The minimum absolute atomic E-state index is 0.208. The van der Waals surface area contributed by atoms with Gasteiger partial charge >= 0.3 is 0 Å². The van der Waals surface area contributed by atoms with Crippen molar-refractivity contribution in [3.8, 4) is 5.75 Å². The number of rotatable bonds is 4. The van der Waals surface area contributed by atoms with Gasteiger partial charge in [-0.1, -0.05) is 46.3 Å². The standard InChI is InChI=1S/C18H21BrO/c1-12(2)20-16-10-8-15(9-11-16)18(19)17-13(3)6-5-7-14(17)4/h5-12,18H,1-4H3. The first-order valence-corrected chi connectivity index (χ1v) is 7.87. The Kier molecular flexibility index (Phi) is 4.87. The summed E-state index contributed by atoms with van der Waals surface area (Å²) >= 11 is 3.83. The zero-order chi connectivity index (χ0) is 14.7. The Bertz CT molecular complexity index is 552. The molecule has 0 amide bonds. The number of ether oxygens (including phenoxy) is 1. The van der Waals surface area contributed by atoms with Gasteiger partial charge in [-0.2, -0.15) is 0 Å². The molecule has 0 aliphatic heterocycles. The summed E-state index contributed by atoms with van der Waals surface area (Å²) < 4.78 is 5.69. The molecule has 2 aromatic carbocycles. The summed E-state index contributed by atoms with van der Waals surface area (Å²) in [7, 11) is 0. The molecule has 0 saturated heterocycles. The average molecular weight is 333 g/mol. The molecule has 106 valence electrons. The summed E-state index contributed by atoms with van der Waals surface area (Å²) in [4.78, 5) is 0.219. The third-order valence-corrected chi connectivity index (χ3v) is 4.33. The number of hydrogen-bond donors (Lipinski definition) is 0. The number of aryl methyl sites for hydroxylation is 2. The van der Waals surface area contributed by atoms with E-state index in [2.05, 4.69) is 60.1 Å². The third kappa shape index (κ3) is 3.43. The normalized spacial score (nSPS) is 12.5. The van der Waals surface area contributed by atoms with Gasteiger partial charge in [-0.05, 0) is 62.1 Å². The van der Waals surface area contributed by atoms with Gasteiger partial charge in [-0.25, -0.2) is 0 Å². The molecule has 2 rings (SSSR count). The summed E-state index contributed by atoms with van der Waals surface area (Å²) in [6.45, 7) is 8.40. The molecule has 0 aromatic heterocycles. The zero-order valence-electron chi connectivity index (χ0n) is 12.5. The fraction of sp³-hybridized carbons (Fsp3) is 0.333. The third-order valence-electron chi connectivity index (χ3n) is 3.34. The van der Waals surface area contributed by atoms with Gasteiger partial charge in [0.1, 0.15) is 5.75 Å². The second kappa shape index (κ2) is 6.45. The van der Waals surface area contributed by atoms with E-state index in [1.54, 1.807) is 0 Å². The average Bonchev–Trinajstić information content (AvgIpc) is 2.38. The van der Waals surface area contributed by atoms with Crippen LogP contribution in [0.2, 0.25) is 0 Å². The first-order chi connectivity index (χ1) is 9.49. The van der Waals surface area contributed by atoms with E-state index < -0.39 is 0 Å². The van der Waals surface area contributed by atoms with E-state index in [1.807, 2.05) is 26.0 Å². The van der Waals surface area contributed by atoms with Gasteiger partial charge in [0, 0.05) is 0 Å². The topological polar surface area (TPSA) is 9.23 Å². The molecular weight excluding hydrogens is 312 g/mol. The van der Waals surface area contributed by atoms with Gasteiger partial charge in [-0.15, -0.1) is 0 Å². The fourth-order valence-corrected chi connectivity index (χ4v) is 3.41. The van der Waals surface area contributed by atoms with Gasteiger partial charge < -0.3 is 4.74 Å². The van der Waals surface area contributed by atoms with Gasteiger partial charge in [0.25, 0.3) is 0 Å². The van der Waals surface area contributed by atoms with Crippen LogP contribution in [0.3, 0.4) is 0 Å². The van der Waals surface area contributed by atoms with Crippen molar-refractivity contribution in [1.29, 1.82) is 0 Å². The first kappa shape index (κ1) is 15.1. The molecule has 0 N–H and O–H groups in total. The van der Waals surface area contributed by atoms with Crippen molar-refractivity contribution in [3.05, 3.63) is 64.7 Å². The highest BCUT2D eigenvalue weighted by Gasteiger charge is 2.15. The summed E-state index contributed by atoms with van der Waals surface area (Å²) in [6, 6.07) is 14.8. The Hall–Kier alpha value is -1.28. The molecule has 0 heterocycles. The molecule has 1 unspecified atom stereocenters. The van der Waals surface area contributed by atoms with Gasteiger partial charge in [0.2, 0.25) is 0 Å². The van der Waals surface area contributed by atoms with Crippen LogP contribution < -0.4 is 4.74 Å². The second-order valence-electron chi connectivity index (χ2n) is 5.40. The van der Waals surface area contributed by atoms with Crippen LogP contribution in [0.15, 0.2) is 42.5 Å². The lowest BCUT2D eigenvalue weighted by Crippen LogP contribution is -2.05. The molecule has 2 aromatic rings. The van der Waals surface area contributed by atoms with Crippen LogP contribution in [0.5, 0.6) is 5.75 Å². The molecule has 1 nitrogen and oxygen atoms in total. The first-order valence-electron chi connectivity index (χ1n) is 6.96. The van der Waals surface area contributed by atoms with Crippen molar-refractivity contribution >= 4 is 15.9 Å². The quantitative estimate of drug-likeness (QED) is 0.664. The number of hydrogen-bond acceptors (Lipinski definition) is 1. The SMILES string of the molecule is Cc1cccc(C)c1C(Br)c1ccc(OC(C)C)cc1. The van der Waals surface area contributed by atoms with Crippen LogP contribution in [-0.4, -0.2) is 6.10 Å². The van der Waals surface area contributed by atoms with Crippen LogP contribution in [0.25, 0.3) is 0 Å². The highest BCUT2D eigenvalue weighted by atomic mass is 79.9. The molecule has 0 fully saturated rings. The lowest BCUT2D eigenvalue weighted by Gasteiger charge is -2.17. The molecular formula is C18H21BrO. The smallest absolute Gasteiger partial charge is 0.119 e. The minimum atomic E-state index is 0.208. The Balaban J connectivity index is 2.27. The highest BCUT2D eigenvalue weighted by molar-refractivity contribution is 9.09. The van der Waals surface area contributed by atoms with Crippen LogP contribution in [0, 0.1) is 13.8 Å². The maximum Gasteiger partial charge on any atom is 0.119 e. The number of halogens is 1. The van der Waals surface area contributed by atoms with Crippen LogP contribution >= 0.6 is 15.9 Å². The zero-order valence-corrected chi connectivity index (χ0v) is 14.1. The fourth-order valence-electron chi connectivity index (χ4n) is 2.38. The largest absolute Gasteiger partial charge is 0.491 e. The van der Waals surface area contributed by atoms with Gasteiger partial charge in [-0.3, -0.25) is 0 Å². The molecule has 0 spiro atoms. The minimum Gasteiger partial charge on any atom is -0.491 e. The molecule has 0 aliphatic carbocycles. The predicted molar refractivity (Wildman–Crippen MR) is 88.9 cm³/mol. The Morgan fingerprint density at radius 3 is 1.95 bits per heavy atom. The van der Waals surface area contributed by atoms with Crippen molar-refractivity contribution in [2.45, 2.75) is 38.6 Å². The van der Waals surface area contributed by atoms with E-state index in [9.17, 15) is 0 Å². The lowest BCUT2D eigenvalue weighted by molar-refractivity contribution is 0.242. The van der Waals surface area contributed by atoms with Crippen LogP contribution in [0.4, 0.5) is 0 Å². The van der Waals surface area contributed by atoms with Crippen LogP contribution in [0.1, 0.15) is 40.9 Å². The van der Waals surface area contributed by atoms with E-state index in [0.717, 1.165) is 5.75 Å². The van der Waals surface area contributed by atoms with Gasteiger partial charge in [0.15, 0.2) is 0 Å². The molecule has 20 heavy (non-hydrogen) atoms. The molecule has 2 heteroatoms. The van der Waals surface area contributed by atoms with Crippen molar-refractivity contribution < 1.29 is 4.74 Å². The van der Waals surface area contributed by atoms with Crippen LogP contribution in [-0.2, 0) is 0 Å². The van der Waals surface area contributed by atoms with E-state index in [-0.39, 0.29) is 10.9 Å². The maximum atomic E-state index is 5.69. The summed E-state index contributed by atoms with van der Waals surface area (Å²) in [6.07, 6.45) is 0.208. The monoisotopic (exact) mass is 332 g/mol. The molecule has 0 radical (unpaired) electrons. The Morgan fingerprint density at radius 1 is 0.900 bits per heavy atom. The molecule has 0 bridgehead atoms. The summed E-state index contributed by atoms with van der Waals surface area (Å²) in [5.41, 5.74) is 5.23.